The van der Waals surface area contributed by atoms with Crippen LogP contribution in [0.3, 0.4) is 0 Å². The van der Waals surface area contributed by atoms with Crippen molar-refractivity contribution in [1.29, 1.82) is 0 Å². The van der Waals surface area contributed by atoms with Crippen LogP contribution in [0.2, 0.25) is 0 Å². The first-order valence-corrected chi connectivity index (χ1v) is 11.3. The van der Waals surface area contributed by atoms with Gasteiger partial charge in [-0.25, -0.2) is 8.42 Å². The molecule has 10 nitrogen and oxygen atoms in total. The van der Waals surface area contributed by atoms with Gasteiger partial charge in [-0.1, -0.05) is 15.9 Å². The molecule has 1 aromatic heterocycles. The Bertz CT molecular complexity index is 1250. The third-order valence-electron chi connectivity index (χ3n) is 3.95. The minimum absolute atomic E-state index is 0.0239. The molecule has 1 amide bonds. The van der Waals surface area contributed by atoms with E-state index < -0.39 is 21.9 Å². The number of benzene rings is 2. The van der Waals surface area contributed by atoms with Crippen LogP contribution in [-0.4, -0.2) is 37.6 Å². The number of amides is 1. The second-order valence-corrected chi connectivity index (χ2v) is 8.88. The summed E-state index contributed by atoms with van der Waals surface area (Å²) in [6, 6.07) is 13.0. The van der Waals surface area contributed by atoms with Crippen LogP contribution in [0.15, 0.2) is 64.0 Å². The lowest BCUT2D eigenvalue weighted by molar-refractivity contribution is -0.131. The van der Waals surface area contributed by atoms with Crippen molar-refractivity contribution in [3.63, 3.8) is 0 Å². The third kappa shape index (κ3) is 5.80. The number of nitrogens with one attached hydrogen (secondary N) is 2. The van der Waals surface area contributed by atoms with E-state index in [4.69, 9.17) is 9.47 Å². The Hall–Kier alpha value is -3.51. The molecule has 32 heavy (non-hydrogen) atoms. The Morgan fingerprint density at radius 2 is 1.72 bits per heavy atom. The maximum Gasteiger partial charge on any atom is 0.308 e. The Balaban J connectivity index is 1.75. The van der Waals surface area contributed by atoms with Crippen LogP contribution in [0, 0.1) is 0 Å². The molecule has 0 bridgehead atoms. The number of halogens is 1. The number of rotatable bonds is 7. The number of aromatic nitrogens is 2. The molecule has 0 aliphatic rings. The minimum Gasteiger partial charge on any atom is -0.480 e. The van der Waals surface area contributed by atoms with Gasteiger partial charge in [0.2, 0.25) is 5.88 Å². The van der Waals surface area contributed by atoms with Gasteiger partial charge < -0.3 is 14.8 Å². The highest BCUT2D eigenvalue weighted by Gasteiger charge is 2.18. The van der Waals surface area contributed by atoms with Crippen molar-refractivity contribution in [3.8, 4) is 11.6 Å². The number of sulfonamides is 1. The van der Waals surface area contributed by atoms with Crippen LogP contribution in [-0.2, 0) is 14.8 Å². The van der Waals surface area contributed by atoms with Crippen molar-refractivity contribution in [2.45, 2.75) is 11.8 Å². The summed E-state index contributed by atoms with van der Waals surface area (Å²) in [6.45, 7) is 1.23. The molecule has 3 aromatic rings. The molecule has 1 heterocycles. The Morgan fingerprint density at radius 3 is 2.31 bits per heavy atom. The highest BCUT2D eigenvalue weighted by molar-refractivity contribution is 9.10. The van der Waals surface area contributed by atoms with E-state index in [1.165, 1.54) is 62.6 Å². The summed E-state index contributed by atoms with van der Waals surface area (Å²) in [5.41, 5.74) is 0.470. The predicted octanol–water partition coefficient (Wildman–Crippen LogP) is 3.23. The van der Waals surface area contributed by atoms with Gasteiger partial charge in [0.25, 0.3) is 15.9 Å². The largest absolute Gasteiger partial charge is 0.480 e. The van der Waals surface area contributed by atoms with Gasteiger partial charge in [0.1, 0.15) is 5.75 Å². The molecule has 2 N–H and O–H groups in total. The van der Waals surface area contributed by atoms with Crippen LogP contribution in [0.4, 0.5) is 11.5 Å². The van der Waals surface area contributed by atoms with Crippen LogP contribution in [0.1, 0.15) is 17.3 Å². The zero-order valence-electron chi connectivity index (χ0n) is 16.8. The second-order valence-electron chi connectivity index (χ2n) is 6.28. The predicted molar refractivity (Wildman–Crippen MR) is 119 cm³/mol. The van der Waals surface area contributed by atoms with Gasteiger partial charge in [0.05, 0.1) is 17.6 Å². The molecule has 0 aliphatic heterocycles. The van der Waals surface area contributed by atoms with Crippen LogP contribution in [0.5, 0.6) is 11.6 Å². The lowest BCUT2D eigenvalue weighted by Crippen LogP contribution is -2.16. The number of hydrogen-bond acceptors (Lipinski definition) is 8. The number of carbonyl (C=O) groups is 2. The summed E-state index contributed by atoms with van der Waals surface area (Å²) in [5, 5.41) is 10.1. The first kappa shape index (κ1) is 23.2. The summed E-state index contributed by atoms with van der Waals surface area (Å²) in [6.07, 6.45) is 0. The SMILES string of the molecule is COc1ccc(NS(=O)(=O)c2ccc(NC(=O)c3cc(Br)ccc3OC(C)=O)cc2)nn1. The number of carbonyl (C=O) groups excluding carboxylic acids is 2. The van der Waals surface area contributed by atoms with E-state index in [0.29, 0.717) is 10.2 Å². The standard InChI is InChI=1S/C20H17BrN4O6S/c1-12(26)31-17-8-3-13(21)11-16(17)20(27)22-14-4-6-15(7-5-14)32(28,29)25-18-9-10-19(30-2)24-23-18/h3-11H,1-2H3,(H,22,27)(H,23,25). The molecule has 0 saturated carbocycles. The summed E-state index contributed by atoms with van der Waals surface area (Å²) >= 11 is 3.27. The zero-order valence-corrected chi connectivity index (χ0v) is 19.2. The molecule has 0 atom stereocenters. The molecule has 0 aliphatic carbocycles. The average Bonchev–Trinajstić information content (AvgIpc) is 2.75. The summed E-state index contributed by atoms with van der Waals surface area (Å²) < 4.78 is 38.0. The van der Waals surface area contributed by atoms with Gasteiger partial charge in [-0.3, -0.25) is 14.3 Å². The fraction of sp³-hybridized carbons (Fsp3) is 0.100. The monoisotopic (exact) mass is 520 g/mol. The van der Waals surface area contributed by atoms with E-state index >= 15 is 0 Å². The van der Waals surface area contributed by atoms with E-state index in [2.05, 4.69) is 36.2 Å². The van der Waals surface area contributed by atoms with E-state index in [1.807, 2.05) is 0 Å². The van der Waals surface area contributed by atoms with Gasteiger partial charge >= 0.3 is 5.97 Å². The molecule has 0 spiro atoms. The topological polar surface area (TPSA) is 137 Å². The van der Waals surface area contributed by atoms with Gasteiger partial charge in [-0.05, 0) is 48.5 Å². The summed E-state index contributed by atoms with van der Waals surface area (Å²) in [7, 11) is -2.51. The molecule has 2 aromatic carbocycles. The van der Waals surface area contributed by atoms with Crippen molar-refractivity contribution < 1.29 is 27.5 Å². The number of nitrogens with zero attached hydrogens (tertiary/aromatic N) is 2. The number of hydrogen-bond donors (Lipinski definition) is 2. The van der Waals surface area contributed by atoms with Crippen molar-refractivity contribution in [2.75, 3.05) is 17.1 Å². The lowest BCUT2D eigenvalue weighted by Gasteiger charge is -2.11. The molecule has 12 heteroatoms. The minimum atomic E-state index is -3.93. The number of ether oxygens (including phenoxy) is 2. The normalized spacial score (nSPS) is 10.8. The van der Waals surface area contributed by atoms with Gasteiger partial charge in [-0.15, -0.1) is 10.2 Å². The maximum absolute atomic E-state index is 12.7. The third-order valence-corrected chi connectivity index (χ3v) is 5.81. The molecule has 0 unspecified atom stereocenters. The fourth-order valence-corrected chi connectivity index (χ4v) is 3.88. The second kappa shape index (κ2) is 9.75. The number of methoxy groups -OCH3 is 1. The van der Waals surface area contributed by atoms with E-state index in [-0.39, 0.29) is 27.9 Å². The van der Waals surface area contributed by atoms with Crippen molar-refractivity contribution in [3.05, 3.63) is 64.6 Å². The molecule has 166 valence electrons. The average molecular weight is 521 g/mol. The van der Waals surface area contributed by atoms with Crippen molar-refractivity contribution in [2.24, 2.45) is 0 Å². The summed E-state index contributed by atoms with van der Waals surface area (Å²) in [5.74, 6) is -0.733. The molecule has 0 radical (unpaired) electrons. The molecule has 3 rings (SSSR count). The van der Waals surface area contributed by atoms with Gasteiger partial charge in [-0.2, -0.15) is 0 Å². The zero-order chi connectivity index (χ0) is 23.3. The summed E-state index contributed by atoms with van der Waals surface area (Å²) in [4.78, 5) is 23.9. The molecular formula is C20H17BrN4O6S. The smallest absolute Gasteiger partial charge is 0.308 e. The number of anilines is 2. The first-order valence-electron chi connectivity index (χ1n) is 8.98. The van der Waals surface area contributed by atoms with E-state index in [0.717, 1.165) is 0 Å². The highest BCUT2D eigenvalue weighted by Crippen LogP contribution is 2.25. The fourth-order valence-electron chi connectivity index (χ4n) is 2.52. The van der Waals surface area contributed by atoms with Crippen LogP contribution in [0.25, 0.3) is 0 Å². The van der Waals surface area contributed by atoms with Crippen molar-refractivity contribution >= 4 is 49.3 Å². The first-order chi connectivity index (χ1) is 15.2. The lowest BCUT2D eigenvalue weighted by atomic mass is 10.2. The quantitative estimate of drug-likeness (QED) is 0.357. The number of esters is 1. The van der Waals surface area contributed by atoms with Crippen molar-refractivity contribution in [1.82, 2.24) is 10.2 Å². The van der Waals surface area contributed by atoms with E-state index in [1.54, 1.807) is 6.07 Å². The van der Waals surface area contributed by atoms with Crippen LogP contribution < -0.4 is 19.5 Å². The molecule has 0 fully saturated rings. The highest BCUT2D eigenvalue weighted by atomic mass is 79.9. The Morgan fingerprint density at radius 1 is 1.00 bits per heavy atom. The van der Waals surface area contributed by atoms with Gasteiger partial charge in [0.15, 0.2) is 5.82 Å². The molecule has 0 saturated heterocycles. The molecular weight excluding hydrogens is 504 g/mol. The Kier molecular flexibility index (Phi) is 7.05. The maximum atomic E-state index is 12.7. The van der Waals surface area contributed by atoms with Crippen LogP contribution >= 0.6 is 15.9 Å². The van der Waals surface area contributed by atoms with E-state index in [9.17, 15) is 18.0 Å². The Labute approximate surface area is 192 Å². The van der Waals surface area contributed by atoms with Gasteiger partial charge in [0, 0.05) is 23.2 Å².